The topological polar surface area (TPSA) is 93.5 Å². The zero-order chi connectivity index (χ0) is 13.5. The van der Waals surface area contributed by atoms with Crippen LogP contribution in [-0.4, -0.2) is 32.0 Å². The van der Waals surface area contributed by atoms with Crippen LogP contribution >= 0.6 is 0 Å². The van der Waals surface area contributed by atoms with E-state index in [2.05, 4.69) is 10.6 Å². The highest BCUT2D eigenvalue weighted by atomic mass is 16.5. The summed E-state index contributed by atoms with van der Waals surface area (Å²) in [5, 5.41) is 5.09. The summed E-state index contributed by atoms with van der Waals surface area (Å²) in [6, 6.07) is 4.71. The van der Waals surface area contributed by atoms with E-state index in [9.17, 15) is 9.59 Å². The fourth-order valence-electron chi connectivity index (χ4n) is 1.41. The van der Waals surface area contributed by atoms with Gasteiger partial charge in [-0.25, -0.2) is 0 Å². The minimum Gasteiger partial charge on any atom is -0.496 e. The number of rotatable bonds is 5. The average molecular weight is 251 g/mol. The summed E-state index contributed by atoms with van der Waals surface area (Å²) >= 11 is 0. The van der Waals surface area contributed by atoms with Gasteiger partial charge in [-0.15, -0.1) is 0 Å². The van der Waals surface area contributed by atoms with Crippen molar-refractivity contribution in [3.05, 3.63) is 23.8 Å². The lowest BCUT2D eigenvalue weighted by molar-refractivity contribution is -0.120. The van der Waals surface area contributed by atoms with Crippen molar-refractivity contribution in [3.63, 3.8) is 0 Å². The van der Waals surface area contributed by atoms with Crippen LogP contribution in [0.5, 0.6) is 5.75 Å². The number of carbonyl (C=O) groups is 2. The molecule has 0 bridgehead atoms. The van der Waals surface area contributed by atoms with E-state index in [1.807, 2.05) is 6.92 Å². The molecule has 2 amide bonds. The summed E-state index contributed by atoms with van der Waals surface area (Å²) in [6.45, 7) is 2.27. The summed E-state index contributed by atoms with van der Waals surface area (Å²) in [5.41, 5.74) is 6.44. The Morgan fingerprint density at radius 1 is 1.33 bits per heavy atom. The van der Waals surface area contributed by atoms with Crippen LogP contribution in [0.25, 0.3) is 0 Å². The van der Waals surface area contributed by atoms with Gasteiger partial charge in [0, 0.05) is 18.3 Å². The fraction of sp³-hybridized carbons (Fsp3) is 0.333. The van der Waals surface area contributed by atoms with E-state index in [1.54, 1.807) is 18.2 Å². The zero-order valence-corrected chi connectivity index (χ0v) is 10.4. The molecule has 0 aliphatic rings. The first-order valence-corrected chi connectivity index (χ1v) is 5.57. The van der Waals surface area contributed by atoms with Gasteiger partial charge in [0.15, 0.2) is 0 Å². The maximum atomic E-state index is 11.8. The van der Waals surface area contributed by atoms with Gasteiger partial charge >= 0.3 is 0 Å². The smallest absolute Gasteiger partial charge is 0.255 e. The van der Waals surface area contributed by atoms with Crippen molar-refractivity contribution in [2.45, 2.75) is 6.92 Å². The number of hydrogen-bond acceptors (Lipinski definition) is 4. The van der Waals surface area contributed by atoms with E-state index in [1.165, 1.54) is 7.11 Å². The predicted octanol–water partition coefficient (Wildman–Crippen LogP) is 0.143. The zero-order valence-electron chi connectivity index (χ0n) is 10.4. The van der Waals surface area contributed by atoms with Crippen molar-refractivity contribution in [3.8, 4) is 5.75 Å². The number of anilines is 1. The van der Waals surface area contributed by atoms with Gasteiger partial charge < -0.3 is 21.1 Å². The first-order valence-electron chi connectivity index (χ1n) is 5.57. The van der Waals surface area contributed by atoms with Crippen LogP contribution in [0.4, 0.5) is 5.69 Å². The van der Waals surface area contributed by atoms with Gasteiger partial charge in [0.1, 0.15) is 5.75 Å². The first kappa shape index (κ1) is 13.8. The largest absolute Gasteiger partial charge is 0.496 e. The lowest BCUT2D eigenvalue weighted by Gasteiger charge is -2.09. The summed E-state index contributed by atoms with van der Waals surface area (Å²) in [5.74, 6) is -0.234. The molecule has 0 aliphatic heterocycles. The van der Waals surface area contributed by atoms with Crippen molar-refractivity contribution < 1.29 is 14.3 Å². The van der Waals surface area contributed by atoms with Crippen LogP contribution in [0.1, 0.15) is 17.3 Å². The Labute approximate surface area is 105 Å². The molecule has 6 nitrogen and oxygen atoms in total. The molecule has 0 aromatic heterocycles. The molecule has 1 rings (SSSR count). The molecule has 6 heteroatoms. The predicted molar refractivity (Wildman–Crippen MR) is 68.4 cm³/mol. The average Bonchev–Trinajstić information content (AvgIpc) is 2.36. The van der Waals surface area contributed by atoms with Gasteiger partial charge in [0.25, 0.3) is 5.91 Å². The minimum absolute atomic E-state index is 0.0692. The molecule has 4 N–H and O–H groups in total. The number of nitrogens with one attached hydrogen (secondary N) is 2. The number of methoxy groups -OCH3 is 1. The Bertz CT molecular complexity index is 446. The number of nitrogen functional groups attached to an aromatic ring is 1. The molecule has 0 heterocycles. The standard InChI is InChI=1S/C12H17N3O3/c1-3-14-11(16)7-15-12(17)9-5-4-8(13)6-10(9)18-2/h4-6H,3,7,13H2,1-2H3,(H,14,16)(H,15,17). The van der Waals surface area contributed by atoms with Gasteiger partial charge in [-0.3, -0.25) is 9.59 Å². The molecule has 0 saturated carbocycles. The number of ether oxygens (including phenoxy) is 1. The Kier molecular flexibility index (Phi) is 4.98. The Hall–Kier alpha value is -2.24. The van der Waals surface area contributed by atoms with E-state index in [-0.39, 0.29) is 18.4 Å². The van der Waals surface area contributed by atoms with Crippen LogP contribution in [0, 0.1) is 0 Å². The van der Waals surface area contributed by atoms with Crippen molar-refractivity contribution in [1.29, 1.82) is 0 Å². The molecule has 1 aromatic carbocycles. The molecular formula is C12H17N3O3. The third-order valence-corrected chi connectivity index (χ3v) is 2.25. The first-order chi connectivity index (χ1) is 8.58. The Morgan fingerprint density at radius 3 is 2.67 bits per heavy atom. The summed E-state index contributed by atoms with van der Waals surface area (Å²) in [4.78, 5) is 23.0. The molecule has 0 unspecified atom stereocenters. The van der Waals surface area contributed by atoms with E-state index < -0.39 is 0 Å². The maximum Gasteiger partial charge on any atom is 0.255 e. The highest BCUT2D eigenvalue weighted by Crippen LogP contribution is 2.21. The number of amides is 2. The lowest BCUT2D eigenvalue weighted by atomic mass is 10.1. The SMILES string of the molecule is CCNC(=O)CNC(=O)c1ccc(N)cc1OC. The summed E-state index contributed by atoms with van der Waals surface area (Å²) in [6.07, 6.45) is 0. The molecule has 0 fully saturated rings. The second-order valence-electron chi connectivity index (χ2n) is 3.60. The molecule has 18 heavy (non-hydrogen) atoms. The summed E-state index contributed by atoms with van der Waals surface area (Å²) < 4.78 is 5.06. The second-order valence-corrected chi connectivity index (χ2v) is 3.60. The number of likely N-dealkylation sites (N-methyl/N-ethyl adjacent to an activating group) is 1. The Balaban J connectivity index is 2.69. The third-order valence-electron chi connectivity index (χ3n) is 2.25. The van der Waals surface area contributed by atoms with Gasteiger partial charge in [0.2, 0.25) is 5.91 Å². The molecule has 0 spiro atoms. The van der Waals surface area contributed by atoms with Gasteiger partial charge in [-0.2, -0.15) is 0 Å². The molecule has 0 radical (unpaired) electrons. The van der Waals surface area contributed by atoms with Crippen LogP contribution in [0.2, 0.25) is 0 Å². The molecule has 98 valence electrons. The van der Waals surface area contributed by atoms with Gasteiger partial charge in [0.05, 0.1) is 19.2 Å². The second kappa shape index (κ2) is 6.48. The van der Waals surface area contributed by atoms with Gasteiger partial charge in [-0.05, 0) is 19.1 Å². The maximum absolute atomic E-state index is 11.8. The number of hydrogen-bond donors (Lipinski definition) is 3. The van der Waals surface area contributed by atoms with E-state index in [0.29, 0.717) is 23.5 Å². The normalized spacial score (nSPS) is 9.67. The van der Waals surface area contributed by atoms with Crippen LogP contribution in [-0.2, 0) is 4.79 Å². The highest BCUT2D eigenvalue weighted by Gasteiger charge is 2.13. The number of nitrogens with two attached hydrogens (primary N) is 1. The van der Waals surface area contributed by atoms with Crippen molar-refractivity contribution in [2.75, 3.05) is 25.9 Å². The van der Waals surface area contributed by atoms with Crippen LogP contribution in [0.3, 0.4) is 0 Å². The van der Waals surface area contributed by atoms with Crippen molar-refractivity contribution in [1.82, 2.24) is 10.6 Å². The molecule has 0 saturated heterocycles. The van der Waals surface area contributed by atoms with Crippen molar-refractivity contribution in [2.24, 2.45) is 0 Å². The molecular weight excluding hydrogens is 234 g/mol. The molecule has 1 aromatic rings. The summed E-state index contributed by atoms with van der Waals surface area (Å²) in [7, 11) is 1.45. The van der Waals surface area contributed by atoms with E-state index in [4.69, 9.17) is 10.5 Å². The molecule has 0 aliphatic carbocycles. The highest BCUT2D eigenvalue weighted by molar-refractivity contribution is 5.99. The van der Waals surface area contributed by atoms with Crippen molar-refractivity contribution >= 4 is 17.5 Å². The minimum atomic E-state index is -0.377. The van der Waals surface area contributed by atoms with Crippen LogP contribution in [0.15, 0.2) is 18.2 Å². The number of carbonyl (C=O) groups excluding carboxylic acids is 2. The van der Waals surface area contributed by atoms with E-state index in [0.717, 1.165) is 0 Å². The quantitative estimate of drug-likeness (QED) is 0.649. The monoisotopic (exact) mass is 251 g/mol. The van der Waals surface area contributed by atoms with Gasteiger partial charge in [-0.1, -0.05) is 0 Å². The fourth-order valence-corrected chi connectivity index (χ4v) is 1.41. The third kappa shape index (κ3) is 3.65. The number of benzene rings is 1. The molecule has 0 atom stereocenters. The Morgan fingerprint density at radius 2 is 2.06 bits per heavy atom. The lowest BCUT2D eigenvalue weighted by Crippen LogP contribution is -2.36. The van der Waals surface area contributed by atoms with E-state index >= 15 is 0 Å². The van der Waals surface area contributed by atoms with Crippen LogP contribution < -0.4 is 21.1 Å².